The summed E-state index contributed by atoms with van der Waals surface area (Å²) >= 11 is 0. The largest absolute Gasteiger partial charge is 0.376 e. The molecule has 0 bridgehead atoms. The van der Waals surface area contributed by atoms with E-state index in [0.717, 1.165) is 16.8 Å². The lowest BCUT2D eigenvalue weighted by Crippen LogP contribution is -2.31. The molecule has 2 rings (SSSR count). The van der Waals surface area contributed by atoms with Gasteiger partial charge in [-0.15, -0.1) is 0 Å². The Balaban J connectivity index is 2.10. The van der Waals surface area contributed by atoms with Gasteiger partial charge in [-0.1, -0.05) is 26.0 Å². The summed E-state index contributed by atoms with van der Waals surface area (Å²) in [5.74, 6) is -0.197. The molecular formula is C21H29N3O3S. The van der Waals surface area contributed by atoms with Crippen molar-refractivity contribution < 1.29 is 13.2 Å². The number of amides is 1. The highest BCUT2D eigenvalue weighted by Crippen LogP contribution is 2.23. The van der Waals surface area contributed by atoms with E-state index in [4.69, 9.17) is 0 Å². The molecule has 0 unspecified atom stereocenters. The van der Waals surface area contributed by atoms with Gasteiger partial charge < -0.3 is 10.6 Å². The first kappa shape index (κ1) is 21.9. The van der Waals surface area contributed by atoms with E-state index in [2.05, 4.69) is 10.6 Å². The van der Waals surface area contributed by atoms with Crippen molar-refractivity contribution in [3.63, 3.8) is 0 Å². The number of hydrogen-bond acceptors (Lipinski definition) is 4. The van der Waals surface area contributed by atoms with Crippen molar-refractivity contribution in [2.75, 3.05) is 30.3 Å². The van der Waals surface area contributed by atoms with Crippen LogP contribution < -0.4 is 10.6 Å². The van der Waals surface area contributed by atoms with E-state index >= 15 is 0 Å². The maximum Gasteiger partial charge on any atom is 0.243 e. The number of carbonyl (C=O) groups excluding carboxylic acids is 1. The fourth-order valence-corrected chi connectivity index (χ4v) is 4.61. The van der Waals surface area contributed by atoms with Gasteiger partial charge >= 0.3 is 0 Å². The molecule has 0 aliphatic carbocycles. The van der Waals surface area contributed by atoms with Crippen LogP contribution in [0.5, 0.6) is 0 Å². The Kier molecular flexibility index (Phi) is 7.21. The van der Waals surface area contributed by atoms with Gasteiger partial charge in [0.1, 0.15) is 0 Å². The summed E-state index contributed by atoms with van der Waals surface area (Å²) < 4.78 is 27.1. The quantitative estimate of drug-likeness (QED) is 0.705. The standard InChI is InChI=1S/C21H29N3O3S/c1-6-24(7-2)28(26,27)20-13-18(10-9-16(20)4)22-14-21(25)23-19-11-8-15(3)17(5)12-19/h8-13,22H,6-7,14H2,1-5H3,(H,23,25). The van der Waals surface area contributed by atoms with E-state index in [9.17, 15) is 13.2 Å². The molecule has 0 radical (unpaired) electrons. The zero-order valence-corrected chi connectivity index (χ0v) is 18.0. The molecule has 0 fully saturated rings. The Labute approximate surface area is 168 Å². The van der Waals surface area contributed by atoms with Gasteiger partial charge in [-0.2, -0.15) is 4.31 Å². The number of anilines is 2. The summed E-state index contributed by atoms with van der Waals surface area (Å²) in [7, 11) is -3.56. The zero-order valence-electron chi connectivity index (χ0n) is 17.2. The van der Waals surface area contributed by atoms with E-state index in [-0.39, 0.29) is 17.3 Å². The highest BCUT2D eigenvalue weighted by molar-refractivity contribution is 7.89. The van der Waals surface area contributed by atoms with Gasteiger partial charge in [0.05, 0.1) is 11.4 Å². The van der Waals surface area contributed by atoms with E-state index in [1.165, 1.54) is 4.31 Å². The normalized spacial score (nSPS) is 11.5. The van der Waals surface area contributed by atoms with Crippen molar-refractivity contribution in [2.45, 2.75) is 39.5 Å². The molecule has 28 heavy (non-hydrogen) atoms. The third-order valence-corrected chi connectivity index (χ3v) is 6.95. The Hall–Kier alpha value is -2.38. The number of hydrogen-bond donors (Lipinski definition) is 2. The van der Waals surface area contributed by atoms with E-state index in [1.54, 1.807) is 25.1 Å². The van der Waals surface area contributed by atoms with Gasteiger partial charge in [-0.05, 0) is 61.7 Å². The monoisotopic (exact) mass is 403 g/mol. The highest BCUT2D eigenvalue weighted by atomic mass is 32.2. The van der Waals surface area contributed by atoms with Crippen molar-refractivity contribution >= 4 is 27.3 Å². The maximum absolute atomic E-state index is 12.8. The highest BCUT2D eigenvalue weighted by Gasteiger charge is 2.23. The van der Waals surface area contributed by atoms with Crippen LogP contribution in [-0.4, -0.2) is 38.3 Å². The molecule has 2 N–H and O–H groups in total. The number of benzene rings is 2. The minimum Gasteiger partial charge on any atom is -0.376 e. The summed E-state index contributed by atoms with van der Waals surface area (Å²) in [6.45, 7) is 10.3. The van der Waals surface area contributed by atoms with Gasteiger partial charge in [0.2, 0.25) is 15.9 Å². The molecule has 2 aromatic rings. The fraction of sp³-hybridized carbons (Fsp3) is 0.381. The number of rotatable bonds is 8. The molecule has 0 atom stereocenters. The Morgan fingerprint density at radius 3 is 2.11 bits per heavy atom. The minimum atomic E-state index is -3.56. The van der Waals surface area contributed by atoms with E-state index in [1.807, 2.05) is 45.9 Å². The van der Waals surface area contributed by atoms with Gasteiger partial charge in [-0.3, -0.25) is 4.79 Å². The molecule has 1 amide bonds. The van der Waals surface area contributed by atoms with E-state index < -0.39 is 10.0 Å². The van der Waals surface area contributed by atoms with Crippen molar-refractivity contribution in [1.29, 1.82) is 0 Å². The predicted molar refractivity (Wildman–Crippen MR) is 114 cm³/mol. The molecule has 0 saturated carbocycles. The first-order valence-corrected chi connectivity index (χ1v) is 10.8. The third kappa shape index (κ3) is 5.11. The van der Waals surface area contributed by atoms with Gasteiger partial charge in [0, 0.05) is 24.5 Å². The Bertz CT molecular complexity index is 951. The molecule has 0 aromatic heterocycles. The molecule has 0 aliphatic heterocycles. The molecule has 152 valence electrons. The van der Waals surface area contributed by atoms with Gasteiger partial charge in [-0.25, -0.2) is 8.42 Å². The predicted octanol–water partition coefficient (Wildman–Crippen LogP) is 3.69. The maximum atomic E-state index is 12.8. The number of aryl methyl sites for hydroxylation is 3. The minimum absolute atomic E-state index is 0.0424. The Morgan fingerprint density at radius 1 is 0.893 bits per heavy atom. The zero-order chi connectivity index (χ0) is 20.9. The van der Waals surface area contributed by atoms with Gasteiger partial charge in [0.25, 0.3) is 0 Å². The molecule has 0 aliphatic rings. The van der Waals surface area contributed by atoms with Crippen LogP contribution in [0.15, 0.2) is 41.3 Å². The third-order valence-electron chi connectivity index (χ3n) is 4.76. The van der Waals surface area contributed by atoms with Crippen LogP contribution in [0.25, 0.3) is 0 Å². The average molecular weight is 404 g/mol. The molecule has 7 heteroatoms. The first-order valence-electron chi connectivity index (χ1n) is 9.40. The van der Waals surface area contributed by atoms with Crippen LogP contribution in [0.3, 0.4) is 0 Å². The summed E-state index contributed by atoms with van der Waals surface area (Å²) in [6.07, 6.45) is 0. The number of nitrogens with zero attached hydrogens (tertiary/aromatic N) is 1. The summed E-state index contributed by atoms with van der Waals surface area (Å²) in [5.41, 5.74) is 4.28. The van der Waals surface area contributed by atoms with Crippen LogP contribution in [0.4, 0.5) is 11.4 Å². The summed E-state index contributed by atoms with van der Waals surface area (Å²) in [4.78, 5) is 12.5. The van der Waals surface area contributed by atoms with Crippen LogP contribution in [0.1, 0.15) is 30.5 Å². The van der Waals surface area contributed by atoms with Crippen LogP contribution in [-0.2, 0) is 14.8 Å². The molecule has 0 saturated heterocycles. The van der Waals surface area contributed by atoms with Crippen molar-refractivity contribution in [1.82, 2.24) is 4.31 Å². The first-order chi connectivity index (χ1) is 13.2. The number of sulfonamides is 1. The second-order valence-corrected chi connectivity index (χ2v) is 8.68. The topological polar surface area (TPSA) is 78.5 Å². The second kappa shape index (κ2) is 9.21. The smallest absolute Gasteiger partial charge is 0.243 e. The van der Waals surface area contributed by atoms with Crippen molar-refractivity contribution in [3.05, 3.63) is 53.1 Å². The molecule has 0 spiro atoms. The van der Waals surface area contributed by atoms with Gasteiger partial charge in [0.15, 0.2) is 0 Å². The number of nitrogens with one attached hydrogen (secondary N) is 2. The summed E-state index contributed by atoms with van der Waals surface area (Å²) in [5, 5.41) is 5.86. The lowest BCUT2D eigenvalue weighted by atomic mass is 10.1. The SMILES string of the molecule is CCN(CC)S(=O)(=O)c1cc(NCC(=O)Nc2ccc(C)c(C)c2)ccc1C. The van der Waals surface area contributed by atoms with Crippen LogP contribution in [0.2, 0.25) is 0 Å². The Morgan fingerprint density at radius 2 is 1.50 bits per heavy atom. The van der Waals surface area contributed by atoms with E-state index in [0.29, 0.717) is 24.3 Å². The van der Waals surface area contributed by atoms with Crippen LogP contribution >= 0.6 is 0 Å². The lowest BCUT2D eigenvalue weighted by molar-refractivity contribution is -0.114. The van der Waals surface area contributed by atoms with Crippen LogP contribution in [0, 0.1) is 20.8 Å². The van der Waals surface area contributed by atoms with Crippen molar-refractivity contribution in [3.8, 4) is 0 Å². The molecular weight excluding hydrogens is 374 g/mol. The molecule has 2 aromatic carbocycles. The second-order valence-electron chi connectivity index (χ2n) is 6.77. The molecule has 6 nitrogen and oxygen atoms in total. The summed E-state index contributed by atoms with van der Waals surface area (Å²) in [6, 6.07) is 10.9. The average Bonchev–Trinajstić information content (AvgIpc) is 2.64. The number of carbonyl (C=O) groups is 1. The lowest BCUT2D eigenvalue weighted by Gasteiger charge is -2.20. The fourth-order valence-electron chi connectivity index (χ4n) is 2.90. The molecule has 0 heterocycles. The van der Waals surface area contributed by atoms with Crippen molar-refractivity contribution in [2.24, 2.45) is 0 Å².